The fraction of sp³-hybridized carbons (Fsp3) is 0.188. The van der Waals surface area contributed by atoms with E-state index in [4.69, 9.17) is 39.5 Å². The van der Waals surface area contributed by atoms with E-state index >= 15 is 0 Å². The first-order valence-corrected chi connectivity index (χ1v) is 9.77. The molecule has 0 aliphatic rings. The quantitative estimate of drug-likeness (QED) is 0.743. The Bertz CT molecular complexity index is 935. The predicted molar refractivity (Wildman–Crippen MR) is 103 cm³/mol. The Hall–Kier alpha value is -1.51. The number of hydrogen-bond donors (Lipinski definition) is 1. The van der Waals surface area contributed by atoms with Gasteiger partial charge >= 0.3 is 0 Å². The molecule has 0 saturated heterocycles. The molecule has 2 rings (SSSR count). The molecule has 1 amide bonds. The monoisotopic (exact) mass is 436 g/mol. The average Bonchev–Trinajstić information content (AvgIpc) is 2.57. The number of anilines is 1. The number of carbonyl (C=O) groups excluding carboxylic acids is 1. The van der Waals surface area contributed by atoms with E-state index < -0.39 is 22.5 Å². The highest BCUT2D eigenvalue weighted by atomic mass is 35.5. The maximum absolute atomic E-state index is 12.7. The number of nitrogens with one attached hydrogen (secondary N) is 1. The van der Waals surface area contributed by atoms with Gasteiger partial charge in [0.15, 0.2) is 0 Å². The van der Waals surface area contributed by atoms with Crippen LogP contribution in [0.4, 0.5) is 5.69 Å². The Morgan fingerprint density at radius 1 is 1.12 bits per heavy atom. The highest BCUT2D eigenvalue weighted by Crippen LogP contribution is 2.29. The van der Waals surface area contributed by atoms with Crippen LogP contribution in [0.3, 0.4) is 0 Å². The molecule has 0 atom stereocenters. The van der Waals surface area contributed by atoms with Crippen LogP contribution in [0.1, 0.15) is 0 Å². The molecule has 10 heteroatoms. The van der Waals surface area contributed by atoms with Gasteiger partial charge < -0.3 is 10.1 Å². The van der Waals surface area contributed by atoms with Gasteiger partial charge in [0.25, 0.3) is 0 Å². The fourth-order valence-electron chi connectivity index (χ4n) is 2.09. The third-order valence-electron chi connectivity index (χ3n) is 3.39. The van der Waals surface area contributed by atoms with Crippen molar-refractivity contribution in [2.24, 2.45) is 0 Å². The molecule has 6 nitrogen and oxygen atoms in total. The van der Waals surface area contributed by atoms with Gasteiger partial charge in [0.05, 0.1) is 24.4 Å². The Balaban J connectivity index is 2.19. The number of amides is 1. The number of benzene rings is 2. The molecule has 1 N–H and O–H groups in total. The summed E-state index contributed by atoms with van der Waals surface area (Å²) < 4.78 is 31.4. The number of ether oxygens (including phenoxy) is 1. The molecule has 140 valence electrons. The van der Waals surface area contributed by atoms with E-state index in [-0.39, 0.29) is 20.7 Å². The lowest BCUT2D eigenvalue weighted by molar-refractivity contribution is -0.116. The SMILES string of the molecule is COc1ccc(Cl)cc1S(=O)(=O)N(C)CC(=O)Nc1ccc(Cl)cc1Cl. The van der Waals surface area contributed by atoms with E-state index in [1.165, 1.54) is 44.5 Å². The third-order valence-corrected chi connectivity index (χ3v) is 5.99. The van der Waals surface area contributed by atoms with Crippen molar-refractivity contribution >= 4 is 56.4 Å². The topological polar surface area (TPSA) is 75.7 Å². The lowest BCUT2D eigenvalue weighted by Gasteiger charge is -2.19. The Labute approximate surface area is 166 Å². The second kappa shape index (κ2) is 8.45. The summed E-state index contributed by atoms with van der Waals surface area (Å²) in [5.74, 6) is -0.441. The van der Waals surface area contributed by atoms with E-state index in [0.29, 0.717) is 10.7 Å². The molecular weight excluding hydrogens is 423 g/mol. The minimum absolute atomic E-state index is 0.127. The molecule has 0 spiro atoms. The zero-order chi connectivity index (χ0) is 19.5. The Morgan fingerprint density at radius 2 is 1.73 bits per heavy atom. The molecule has 0 saturated carbocycles. The Morgan fingerprint density at radius 3 is 2.35 bits per heavy atom. The standard InChI is InChI=1S/C16H15Cl3N2O4S/c1-21(9-16(22)20-13-5-3-10(17)7-12(13)19)26(23,24)15-8-11(18)4-6-14(15)25-2/h3-8H,9H2,1-2H3,(H,20,22). The van der Waals surface area contributed by atoms with Crippen LogP contribution in [0.25, 0.3) is 0 Å². The van der Waals surface area contributed by atoms with Gasteiger partial charge in [-0.05, 0) is 36.4 Å². The molecule has 0 aliphatic heterocycles. The fourth-order valence-corrected chi connectivity index (χ4v) is 4.08. The van der Waals surface area contributed by atoms with Crippen LogP contribution in [0.15, 0.2) is 41.3 Å². The van der Waals surface area contributed by atoms with Crippen molar-refractivity contribution in [1.82, 2.24) is 4.31 Å². The summed E-state index contributed by atoms with van der Waals surface area (Å²) in [6.07, 6.45) is 0. The van der Waals surface area contributed by atoms with Gasteiger partial charge in [0.1, 0.15) is 10.6 Å². The van der Waals surface area contributed by atoms with Crippen molar-refractivity contribution in [3.05, 3.63) is 51.5 Å². The van der Waals surface area contributed by atoms with Crippen molar-refractivity contribution in [3.8, 4) is 5.75 Å². The van der Waals surface area contributed by atoms with Crippen molar-refractivity contribution in [2.45, 2.75) is 4.90 Å². The van der Waals surface area contributed by atoms with E-state index in [9.17, 15) is 13.2 Å². The number of nitrogens with zero attached hydrogens (tertiary/aromatic N) is 1. The summed E-state index contributed by atoms with van der Waals surface area (Å²) in [5, 5.41) is 3.43. The predicted octanol–water partition coefficient (Wildman–Crippen LogP) is 3.91. The van der Waals surface area contributed by atoms with Crippen molar-refractivity contribution in [2.75, 3.05) is 26.0 Å². The average molecular weight is 438 g/mol. The summed E-state index contributed by atoms with van der Waals surface area (Å²) in [6, 6.07) is 8.76. The van der Waals surface area contributed by atoms with Gasteiger partial charge in [0.2, 0.25) is 15.9 Å². The number of hydrogen-bond acceptors (Lipinski definition) is 4. The smallest absolute Gasteiger partial charge is 0.247 e. The minimum Gasteiger partial charge on any atom is -0.495 e. The first-order valence-electron chi connectivity index (χ1n) is 7.20. The van der Waals surface area contributed by atoms with Gasteiger partial charge in [-0.1, -0.05) is 34.8 Å². The summed E-state index contributed by atoms with van der Waals surface area (Å²) in [6.45, 7) is -0.434. The van der Waals surface area contributed by atoms with Crippen LogP contribution in [0, 0.1) is 0 Å². The van der Waals surface area contributed by atoms with Gasteiger partial charge in [-0.25, -0.2) is 8.42 Å². The minimum atomic E-state index is -4.00. The van der Waals surface area contributed by atoms with Crippen molar-refractivity contribution in [1.29, 1.82) is 0 Å². The molecule has 0 bridgehead atoms. The molecule has 2 aromatic rings. The maximum atomic E-state index is 12.7. The number of halogens is 3. The number of likely N-dealkylation sites (N-methyl/N-ethyl adjacent to an activating group) is 1. The first kappa shape index (κ1) is 20.8. The van der Waals surface area contributed by atoms with Crippen molar-refractivity contribution in [3.63, 3.8) is 0 Å². The third kappa shape index (κ3) is 4.81. The molecule has 0 unspecified atom stereocenters. The van der Waals surface area contributed by atoms with Gasteiger partial charge in [-0.3, -0.25) is 4.79 Å². The largest absolute Gasteiger partial charge is 0.495 e. The summed E-state index contributed by atoms with van der Waals surface area (Å²) in [7, 11) is -1.38. The van der Waals surface area contributed by atoms with Crippen LogP contribution in [-0.4, -0.2) is 39.3 Å². The molecule has 26 heavy (non-hydrogen) atoms. The maximum Gasteiger partial charge on any atom is 0.247 e. The second-order valence-electron chi connectivity index (χ2n) is 5.23. The molecule has 2 aromatic carbocycles. The number of carbonyl (C=O) groups is 1. The number of methoxy groups -OCH3 is 1. The Kier molecular flexibility index (Phi) is 6.76. The molecular formula is C16H15Cl3N2O4S. The van der Waals surface area contributed by atoms with Crippen LogP contribution in [-0.2, 0) is 14.8 Å². The van der Waals surface area contributed by atoms with Crippen LogP contribution >= 0.6 is 34.8 Å². The highest BCUT2D eigenvalue weighted by Gasteiger charge is 2.27. The zero-order valence-electron chi connectivity index (χ0n) is 13.8. The lowest BCUT2D eigenvalue weighted by atomic mass is 10.3. The van der Waals surface area contributed by atoms with Crippen LogP contribution in [0.2, 0.25) is 15.1 Å². The molecule has 0 radical (unpaired) electrons. The lowest BCUT2D eigenvalue weighted by Crippen LogP contribution is -2.35. The van der Waals surface area contributed by atoms with E-state index in [1.54, 1.807) is 6.07 Å². The number of rotatable bonds is 6. The van der Waals surface area contributed by atoms with Gasteiger partial charge in [-0.15, -0.1) is 0 Å². The molecule has 0 fully saturated rings. The van der Waals surface area contributed by atoms with E-state index in [1.807, 2.05) is 0 Å². The molecule has 0 heterocycles. The van der Waals surface area contributed by atoms with E-state index in [0.717, 1.165) is 4.31 Å². The molecule has 0 aliphatic carbocycles. The number of sulfonamides is 1. The normalized spacial score (nSPS) is 11.5. The highest BCUT2D eigenvalue weighted by molar-refractivity contribution is 7.89. The van der Waals surface area contributed by atoms with Crippen LogP contribution in [0.5, 0.6) is 5.75 Å². The summed E-state index contributed by atoms with van der Waals surface area (Å²) >= 11 is 17.7. The first-order chi connectivity index (χ1) is 12.1. The summed E-state index contributed by atoms with van der Waals surface area (Å²) in [4.78, 5) is 12.1. The zero-order valence-corrected chi connectivity index (χ0v) is 16.9. The second-order valence-corrected chi connectivity index (χ2v) is 8.52. The van der Waals surface area contributed by atoms with Gasteiger partial charge in [0, 0.05) is 17.1 Å². The van der Waals surface area contributed by atoms with Gasteiger partial charge in [-0.2, -0.15) is 4.31 Å². The van der Waals surface area contributed by atoms with Crippen LogP contribution < -0.4 is 10.1 Å². The van der Waals surface area contributed by atoms with E-state index in [2.05, 4.69) is 5.32 Å². The van der Waals surface area contributed by atoms with Crippen molar-refractivity contribution < 1.29 is 17.9 Å². The molecule has 0 aromatic heterocycles. The summed E-state index contributed by atoms with van der Waals surface area (Å²) in [5.41, 5.74) is 0.326.